The number of aromatic amines is 1. The number of nitrogens with zero attached hydrogens (tertiary/aromatic N) is 1. The first-order valence-electron chi connectivity index (χ1n) is 3.04. The van der Waals surface area contributed by atoms with Gasteiger partial charge in [0.05, 0.1) is 6.07 Å². The van der Waals surface area contributed by atoms with Crippen molar-refractivity contribution in [3.05, 3.63) is 29.6 Å². The van der Waals surface area contributed by atoms with Gasteiger partial charge in [0, 0.05) is 18.0 Å². The summed E-state index contributed by atoms with van der Waals surface area (Å²) in [5.41, 5.74) is 2.16. The van der Waals surface area contributed by atoms with E-state index in [1.54, 1.807) is 6.08 Å². The molecule has 1 heterocycles. The summed E-state index contributed by atoms with van der Waals surface area (Å²) in [5.74, 6) is 0. The molecule has 0 saturated heterocycles. The maximum Gasteiger partial charge on any atom is 0.0912 e. The van der Waals surface area contributed by atoms with Crippen molar-refractivity contribution in [3.8, 4) is 6.07 Å². The van der Waals surface area contributed by atoms with E-state index >= 15 is 0 Å². The molecule has 2 nitrogen and oxygen atoms in total. The minimum absolute atomic E-state index is 1.00. The van der Waals surface area contributed by atoms with Crippen molar-refractivity contribution < 1.29 is 0 Å². The second-order valence-corrected chi connectivity index (χ2v) is 2.04. The van der Waals surface area contributed by atoms with Crippen LogP contribution < -0.4 is 0 Å². The van der Waals surface area contributed by atoms with Crippen molar-refractivity contribution in [2.24, 2.45) is 0 Å². The first-order chi connectivity index (χ1) is 4.84. The highest BCUT2D eigenvalue weighted by molar-refractivity contribution is 5.51. The lowest BCUT2D eigenvalue weighted by atomic mass is 10.2. The van der Waals surface area contributed by atoms with E-state index in [0.717, 1.165) is 11.3 Å². The number of hydrogen-bond donors (Lipinski definition) is 1. The van der Waals surface area contributed by atoms with Gasteiger partial charge in [0.15, 0.2) is 0 Å². The van der Waals surface area contributed by atoms with Gasteiger partial charge in [-0.05, 0) is 24.6 Å². The fraction of sp³-hybridized carbons (Fsp3) is 0.125. The summed E-state index contributed by atoms with van der Waals surface area (Å²) in [4.78, 5) is 3.00. The van der Waals surface area contributed by atoms with Gasteiger partial charge in [0.1, 0.15) is 0 Å². The molecule has 1 aromatic heterocycles. The Morgan fingerprint density at radius 2 is 2.50 bits per heavy atom. The Kier molecular flexibility index (Phi) is 1.91. The normalized spacial score (nSPS) is 10.0. The number of aromatic nitrogens is 1. The van der Waals surface area contributed by atoms with Crippen LogP contribution >= 0.6 is 0 Å². The van der Waals surface area contributed by atoms with Crippen LogP contribution in [0.2, 0.25) is 0 Å². The summed E-state index contributed by atoms with van der Waals surface area (Å²) in [6, 6.07) is 3.90. The standard InChI is InChI=1S/C8H8N2/c1-7-4-6-10-8(7)3-2-5-9/h2-4,6,10H,1H3/b3-2+. The predicted molar refractivity (Wildman–Crippen MR) is 40.2 cm³/mol. The number of rotatable bonds is 1. The zero-order valence-corrected chi connectivity index (χ0v) is 5.76. The highest BCUT2D eigenvalue weighted by Crippen LogP contribution is 2.05. The van der Waals surface area contributed by atoms with E-state index in [-0.39, 0.29) is 0 Å². The van der Waals surface area contributed by atoms with E-state index < -0.39 is 0 Å². The zero-order valence-electron chi connectivity index (χ0n) is 5.76. The Morgan fingerprint density at radius 3 is 3.00 bits per heavy atom. The molecule has 0 aromatic carbocycles. The lowest BCUT2D eigenvalue weighted by Gasteiger charge is -1.85. The van der Waals surface area contributed by atoms with Crippen molar-refractivity contribution in [2.45, 2.75) is 6.92 Å². The largest absolute Gasteiger partial charge is 0.361 e. The number of hydrogen-bond acceptors (Lipinski definition) is 1. The number of allylic oxidation sites excluding steroid dienone is 1. The molecule has 0 unspecified atom stereocenters. The van der Waals surface area contributed by atoms with Gasteiger partial charge in [-0.2, -0.15) is 5.26 Å². The summed E-state index contributed by atoms with van der Waals surface area (Å²) < 4.78 is 0. The third-order valence-corrected chi connectivity index (χ3v) is 1.32. The Morgan fingerprint density at radius 1 is 1.70 bits per heavy atom. The SMILES string of the molecule is Cc1cc[nH]c1/C=C/C#N. The molecule has 0 amide bonds. The summed E-state index contributed by atoms with van der Waals surface area (Å²) in [7, 11) is 0. The van der Waals surface area contributed by atoms with E-state index in [1.165, 1.54) is 6.08 Å². The Bertz CT molecular complexity index is 276. The quantitative estimate of drug-likeness (QED) is 0.582. The Hall–Kier alpha value is -1.49. The lowest BCUT2D eigenvalue weighted by molar-refractivity contribution is 1.34. The zero-order chi connectivity index (χ0) is 7.40. The van der Waals surface area contributed by atoms with Crippen LogP contribution in [0.5, 0.6) is 0 Å². The molecule has 50 valence electrons. The van der Waals surface area contributed by atoms with Crippen LogP contribution in [0.4, 0.5) is 0 Å². The monoisotopic (exact) mass is 132 g/mol. The summed E-state index contributed by atoms with van der Waals surface area (Å²) in [6.07, 6.45) is 5.07. The second kappa shape index (κ2) is 2.88. The van der Waals surface area contributed by atoms with Gasteiger partial charge >= 0.3 is 0 Å². The molecule has 0 aliphatic rings. The van der Waals surface area contributed by atoms with Crippen LogP contribution in [0, 0.1) is 18.3 Å². The third-order valence-electron chi connectivity index (χ3n) is 1.32. The molecule has 0 spiro atoms. The molecule has 2 heteroatoms. The average Bonchev–Trinajstić information content (AvgIpc) is 2.31. The van der Waals surface area contributed by atoms with Gasteiger partial charge in [-0.25, -0.2) is 0 Å². The van der Waals surface area contributed by atoms with Gasteiger partial charge in [0.2, 0.25) is 0 Å². The minimum atomic E-state index is 1.00. The van der Waals surface area contributed by atoms with Gasteiger partial charge in [-0.1, -0.05) is 0 Å². The fourth-order valence-corrected chi connectivity index (χ4v) is 0.760. The van der Waals surface area contributed by atoms with Crippen LogP contribution in [-0.4, -0.2) is 4.98 Å². The number of H-pyrrole nitrogens is 1. The topological polar surface area (TPSA) is 39.6 Å². The molecular weight excluding hydrogens is 124 g/mol. The van der Waals surface area contributed by atoms with Crippen LogP contribution in [-0.2, 0) is 0 Å². The van der Waals surface area contributed by atoms with Gasteiger partial charge in [0.25, 0.3) is 0 Å². The molecule has 1 aromatic rings. The Labute approximate surface area is 59.8 Å². The fourth-order valence-electron chi connectivity index (χ4n) is 0.760. The first kappa shape index (κ1) is 6.63. The van der Waals surface area contributed by atoms with Crippen molar-refractivity contribution in [3.63, 3.8) is 0 Å². The van der Waals surface area contributed by atoms with Gasteiger partial charge < -0.3 is 4.98 Å². The molecule has 10 heavy (non-hydrogen) atoms. The van der Waals surface area contributed by atoms with Gasteiger partial charge in [-0.15, -0.1) is 0 Å². The second-order valence-electron chi connectivity index (χ2n) is 2.04. The van der Waals surface area contributed by atoms with E-state index in [0.29, 0.717) is 0 Å². The average molecular weight is 132 g/mol. The van der Waals surface area contributed by atoms with Gasteiger partial charge in [-0.3, -0.25) is 0 Å². The van der Waals surface area contributed by atoms with Crippen LogP contribution in [0.15, 0.2) is 18.3 Å². The Balaban J connectivity index is 2.87. The molecule has 1 N–H and O–H groups in total. The van der Waals surface area contributed by atoms with Crippen LogP contribution in [0.1, 0.15) is 11.3 Å². The van der Waals surface area contributed by atoms with E-state index in [9.17, 15) is 0 Å². The van der Waals surface area contributed by atoms with E-state index in [1.807, 2.05) is 25.3 Å². The lowest BCUT2D eigenvalue weighted by Crippen LogP contribution is -1.72. The number of nitrogens with one attached hydrogen (secondary N) is 1. The maximum absolute atomic E-state index is 8.21. The number of aryl methyl sites for hydroxylation is 1. The molecule has 0 fully saturated rings. The smallest absolute Gasteiger partial charge is 0.0912 e. The molecule has 0 bridgehead atoms. The van der Waals surface area contributed by atoms with E-state index in [2.05, 4.69) is 4.98 Å². The minimum Gasteiger partial charge on any atom is -0.361 e. The molecule has 1 rings (SSSR count). The highest BCUT2D eigenvalue weighted by Gasteiger charge is 1.90. The number of nitriles is 1. The summed E-state index contributed by atoms with van der Waals surface area (Å²) >= 11 is 0. The molecular formula is C8H8N2. The van der Waals surface area contributed by atoms with Crippen molar-refractivity contribution >= 4 is 6.08 Å². The first-order valence-corrected chi connectivity index (χ1v) is 3.04. The molecule has 0 saturated carbocycles. The van der Waals surface area contributed by atoms with Crippen molar-refractivity contribution in [1.82, 2.24) is 4.98 Å². The summed E-state index contributed by atoms with van der Waals surface area (Å²) in [6.45, 7) is 1.99. The highest BCUT2D eigenvalue weighted by atomic mass is 14.7. The maximum atomic E-state index is 8.21. The predicted octanol–water partition coefficient (Wildman–Crippen LogP) is 1.86. The molecule has 0 aliphatic heterocycles. The van der Waals surface area contributed by atoms with Crippen molar-refractivity contribution in [1.29, 1.82) is 5.26 Å². The summed E-state index contributed by atoms with van der Waals surface area (Å²) in [5, 5.41) is 8.21. The van der Waals surface area contributed by atoms with Crippen LogP contribution in [0.25, 0.3) is 6.08 Å². The van der Waals surface area contributed by atoms with E-state index in [4.69, 9.17) is 5.26 Å². The molecule has 0 atom stereocenters. The molecule has 0 radical (unpaired) electrons. The van der Waals surface area contributed by atoms with Crippen LogP contribution in [0.3, 0.4) is 0 Å². The third kappa shape index (κ3) is 1.26. The van der Waals surface area contributed by atoms with Crippen molar-refractivity contribution in [2.75, 3.05) is 0 Å². The molecule has 0 aliphatic carbocycles.